The first-order valence-corrected chi connectivity index (χ1v) is 34.7. The summed E-state index contributed by atoms with van der Waals surface area (Å²) < 4.78 is 0. The van der Waals surface area contributed by atoms with Crippen molar-refractivity contribution in [2.75, 3.05) is 44.7 Å². The fourth-order valence-electron chi connectivity index (χ4n) is 13.0. The topological polar surface area (TPSA) is 403 Å². The van der Waals surface area contributed by atoms with Crippen molar-refractivity contribution in [3.63, 3.8) is 0 Å². The maximum absolute atomic E-state index is 15.1. The maximum Gasteiger partial charge on any atom is 0.326 e. The SMILES string of the molecule is CSCC[C@H](N)C(=O)N1CCC[C@H]1C(=O)N[C@@H](Cc1ccccc1)C(=O)N1CCC[C@H]1C(=O)N[C@@H](CCCCN)C(=O)N[C@@H](Cc1ccc(O)cc1)C(=O)N1CCC[C@H]1C(=O)N[C@H](C(=O)N[C@@H](CCC(=O)O)C(=O)N1CCC[C@H]1C(=O)N[C@@H](Cc1ccccc1)C(=O)O)C(C)C. The molecule has 4 aliphatic rings. The van der Waals surface area contributed by atoms with Gasteiger partial charge >= 0.3 is 11.9 Å². The van der Waals surface area contributed by atoms with Crippen molar-refractivity contribution in [1.82, 2.24) is 51.5 Å². The average Bonchev–Trinajstić information content (AvgIpc) is 1.62. The van der Waals surface area contributed by atoms with Crippen molar-refractivity contribution >= 4 is 82.8 Å². The van der Waals surface area contributed by atoms with Crippen molar-refractivity contribution in [3.8, 4) is 5.75 Å². The van der Waals surface area contributed by atoms with Crippen molar-refractivity contribution in [3.05, 3.63) is 102 Å². The Hall–Kier alpha value is -8.63. The number of thioether (sulfide) groups is 1. The number of carbonyl (C=O) groups excluding carboxylic acids is 10. The number of hydrogen-bond donors (Lipinski definition) is 11. The molecule has 4 saturated heterocycles. The fourth-order valence-corrected chi connectivity index (χ4v) is 13.5. The lowest BCUT2D eigenvalue weighted by Gasteiger charge is -2.33. The molecule has 0 spiro atoms. The number of unbranched alkanes of at least 4 members (excludes halogenated alkanes) is 1. The van der Waals surface area contributed by atoms with Crippen molar-refractivity contribution in [1.29, 1.82) is 0 Å². The third-order valence-corrected chi connectivity index (χ3v) is 18.8. The van der Waals surface area contributed by atoms with Crippen molar-refractivity contribution in [2.45, 2.75) is 189 Å². The number of aliphatic carboxylic acids is 2. The number of carboxylic acids is 2. The molecular formula is C68H94N12O15S. The summed E-state index contributed by atoms with van der Waals surface area (Å²) in [6.45, 7) is 4.09. The van der Waals surface area contributed by atoms with Crippen molar-refractivity contribution < 1.29 is 72.9 Å². The van der Waals surface area contributed by atoms with Crippen LogP contribution in [0.15, 0.2) is 84.9 Å². The van der Waals surface area contributed by atoms with Crippen LogP contribution in [0, 0.1) is 5.92 Å². The van der Waals surface area contributed by atoms with Crippen LogP contribution >= 0.6 is 11.8 Å². The molecule has 27 nitrogen and oxygen atoms in total. The number of likely N-dealkylation sites (tertiary alicyclic amines) is 4. The predicted molar refractivity (Wildman–Crippen MR) is 356 cm³/mol. The van der Waals surface area contributed by atoms with Gasteiger partial charge in [-0.3, -0.25) is 52.7 Å². The molecule has 0 saturated carbocycles. The molecule has 3 aromatic rings. The van der Waals surface area contributed by atoms with E-state index in [1.165, 1.54) is 31.7 Å². The number of hydrogen-bond acceptors (Lipinski definition) is 16. The third-order valence-electron chi connectivity index (χ3n) is 18.2. The van der Waals surface area contributed by atoms with Crippen LogP contribution in [-0.4, -0.2) is 217 Å². The van der Waals surface area contributed by atoms with E-state index in [-0.39, 0.29) is 82.8 Å². The first-order valence-electron chi connectivity index (χ1n) is 33.3. The molecular weight excluding hydrogens is 1260 g/mol. The standard InChI is InChI=1S/C68H94N12O15S/c1-41(2)57(63(89)72-48(29-30-56(82)83)65(91)78-34-13-23-54(78)61(87)75-51(68(94)95)40-43-18-8-5-9-19-43)76-62(88)55-24-15-36-80(55)66(92)49(39-44-25-27-45(81)28-26-44)73-58(84)47(20-10-11-32-69)71-59(85)53-22-14-35-79(53)67(93)50(38-42-16-6-4-7-17-42)74-60(86)52-21-12-33-77(52)64(90)46(70)31-37-96-3/h4-9,16-19,25-28,41,46-55,57,81H,10-15,20-24,29-40,69-70H2,1-3H3,(H,71,85)(H,72,89)(H,73,84)(H,74,86)(H,75,87)(H,76,88)(H,82,83)(H,94,95)/t46-,47-,48-,49-,50-,51-,52-,53-,54-,55-,57-/m0/s1. The predicted octanol–water partition coefficient (Wildman–Crippen LogP) is 1.11. The summed E-state index contributed by atoms with van der Waals surface area (Å²) in [7, 11) is 0. The first kappa shape index (κ1) is 74.8. The Kier molecular flexibility index (Phi) is 28.4. The average molecular weight is 1350 g/mol. The molecule has 0 unspecified atom stereocenters. The minimum Gasteiger partial charge on any atom is -0.508 e. The van der Waals surface area contributed by atoms with Crippen LogP contribution in [0.5, 0.6) is 5.75 Å². The maximum atomic E-state index is 15.1. The molecule has 0 radical (unpaired) electrons. The summed E-state index contributed by atoms with van der Waals surface area (Å²) in [5.41, 5.74) is 14.1. The van der Waals surface area contributed by atoms with Gasteiger partial charge < -0.3 is 78.3 Å². The summed E-state index contributed by atoms with van der Waals surface area (Å²) in [5, 5.41) is 46.5. The highest BCUT2D eigenvalue weighted by Gasteiger charge is 2.45. The Bertz CT molecular complexity index is 3200. The second kappa shape index (κ2) is 36.5. The van der Waals surface area contributed by atoms with Crippen LogP contribution in [0.25, 0.3) is 0 Å². The molecule has 0 bridgehead atoms. The number of phenolic OH excluding ortho intramolecular Hbond substituents is 1. The molecule has 11 atom stereocenters. The van der Waals surface area contributed by atoms with E-state index in [2.05, 4.69) is 31.9 Å². The number of phenols is 1. The quantitative estimate of drug-likeness (QED) is 0.0373. The Morgan fingerprint density at radius 2 is 0.896 bits per heavy atom. The molecule has 13 N–H and O–H groups in total. The van der Waals surface area contributed by atoms with Gasteiger partial charge in [-0.05, 0) is 137 Å². The van der Waals surface area contributed by atoms with Gasteiger partial charge in [0.2, 0.25) is 59.1 Å². The molecule has 4 aliphatic heterocycles. The van der Waals surface area contributed by atoms with Gasteiger partial charge in [0.25, 0.3) is 0 Å². The number of benzene rings is 3. The van der Waals surface area contributed by atoms with E-state index in [0.29, 0.717) is 74.8 Å². The summed E-state index contributed by atoms with van der Waals surface area (Å²) in [4.78, 5) is 174. The molecule has 4 heterocycles. The van der Waals surface area contributed by atoms with Crippen LogP contribution < -0.4 is 43.4 Å². The second-order valence-corrected chi connectivity index (χ2v) is 26.5. The molecule has 522 valence electrons. The molecule has 7 rings (SSSR count). The van der Waals surface area contributed by atoms with Crippen LogP contribution in [-0.2, 0) is 76.8 Å². The van der Waals surface area contributed by atoms with Crippen LogP contribution in [0.3, 0.4) is 0 Å². The van der Waals surface area contributed by atoms with Gasteiger partial charge in [-0.15, -0.1) is 0 Å². The highest BCUT2D eigenvalue weighted by molar-refractivity contribution is 7.98. The number of nitrogens with one attached hydrogen (secondary N) is 6. The number of amides is 10. The summed E-state index contributed by atoms with van der Waals surface area (Å²) in [6, 6.07) is 10.5. The summed E-state index contributed by atoms with van der Waals surface area (Å²) in [5.74, 6) is -9.27. The molecule has 0 aromatic heterocycles. The van der Waals surface area contributed by atoms with Crippen molar-refractivity contribution in [2.24, 2.45) is 17.4 Å². The minimum atomic E-state index is -1.50. The highest BCUT2D eigenvalue weighted by Crippen LogP contribution is 2.26. The molecule has 3 aromatic carbocycles. The third kappa shape index (κ3) is 20.7. The zero-order valence-electron chi connectivity index (χ0n) is 54.9. The van der Waals surface area contributed by atoms with E-state index in [4.69, 9.17) is 11.5 Å². The number of aromatic hydroxyl groups is 1. The number of carbonyl (C=O) groups is 12. The van der Waals surface area contributed by atoms with Crippen LogP contribution in [0.4, 0.5) is 0 Å². The van der Waals surface area contributed by atoms with Gasteiger partial charge in [0.05, 0.1) is 6.04 Å². The lowest BCUT2D eigenvalue weighted by Crippen LogP contribution is -2.61. The van der Waals surface area contributed by atoms with E-state index in [1.807, 2.05) is 24.5 Å². The fraction of sp³-hybridized carbons (Fsp3) is 0.559. The monoisotopic (exact) mass is 1350 g/mol. The van der Waals surface area contributed by atoms with Gasteiger partial charge in [0.15, 0.2) is 0 Å². The van der Waals surface area contributed by atoms with E-state index in [9.17, 15) is 68.1 Å². The van der Waals surface area contributed by atoms with Crippen LogP contribution in [0.2, 0.25) is 0 Å². The zero-order valence-corrected chi connectivity index (χ0v) is 55.7. The lowest BCUT2D eigenvalue weighted by atomic mass is 10.0. The Morgan fingerprint density at radius 1 is 0.490 bits per heavy atom. The highest BCUT2D eigenvalue weighted by atomic mass is 32.2. The number of carboxylic acid groups (broad SMARTS) is 2. The second-order valence-electron chi connectivity index (χ2n) is 25.5. The first-order chi connectivity index (χ1) is 46.0. The van der Waals surface area contributed by atoms with Gasteiger partial charge in [0, 0.05) is 51.9 Å². The van der Waals surface area contributed by atoms with E-state index in [0.717, 1.165) is 5.56 Å². The van der Waals surface area contributed by atoms with Crippen LogP contribution in [0.1, 0.15) is 120 Å². The summed E-state index contributed by atoms with van der Waals surface area (Å²) >= 11 is 1.55. The van der Waals surface area contributed by atoms with Gasteiger partial charge in [-0.25, -0.2) is 4.79 Å². The van der Waals surface area contributed by atoms with E-state index in [1.54, 1.807) is 80.2 Å². The normalized spacial score (nSPS) is 19.9. The summed E-state index contributed by atoms with van der Waals surface area (Å²) in [6.07, 6.45) is 4.66. The Morgan fingerprint density at radius 3 is 1.34 bits per heavy atom. The lowest BCUT2D eigenvalue weighted by molar-refractivity contribution is -0.145. The number of rotatable bonds is 34. The Labute approximate surface area is 563 Å². The Balaban J connectivity index is 1.06. The molecule has 28 heteroatoms. The minimum absolute atomic E-state index is 0.0393. The largest absolute Gasteiger partial charge is 0.508 e. The van der Waals surface area contributed by atoms with Gasteiger partial charge in [-0.1, -0.05) is 86.6 Å². The van der Waals surface area contributed by atoms with Gasteiger partial charge in [0.1, 0.15) is 66.2 Å². The van der Waals surface area contributed by atoms with E-state index < -0.39 is 150 Å². The molecule has 0 aliphatic carbocycles. The molecule has 10 amide bonds. The zero-order chi connectivity index (χ0) is 69.6. The smallest absolute Gasteiger partial charge is 0.326 e. The number of nitrogens with zero attached hydrogens (tertiary/aromatic N) is 4. The van der Waals surface area contributed by atoms with E-state index >= 15 is 4.79 Å². The number of nitrogens with two attached hydrogens (primary N) is 2. The molecule has 96 heavy (non-hydrogen) atoms. The van der Waals surface area contributed by atoms with Gasteiger partial charge in [-0.2, -0.15) is 11.8 Å². The molecule has 4 fully saturated rings.